The van der Waals surface area contributed by atoms with E-state index in [1.165, 1.54) is 22.5 Å². The summed E-state index contributed by atoms with van der Waals surface area (Å²) in [6, 6.07) is 23.3. The summed E-state index contributed by atoms with van der Waals surface area (Å²) in [6.07, 6.45) is 3.25. The van der Waals surface area contributed by atoms with Crippen molar-refractivity contribution in [2.45, 2.75) is 25.3 Å². The summed E-state index contributed by atoms with van der Waals surface area (Å²) >= 11 is 1.38. The zero-order valence-corrected chi connectivity index (χ0v) is 19.5. The van der Waals surface area contributed by atoms with Crippen LogP contribution >= 0.6 is 11.3 Å². The van der Waals surface area contributed by atoms with E-state index in [4.69, 9.17) is 5.73 Å². The first kappa shape index (κ1) is 22.1. The fourth-order valence-electron chi connectivity index (χ4n) is 4.40. The number of hydrogen-bond donors (Lipinski definition) is 4. The Labute approximate surface area is 202 Å². The average molecular weight is 471 g/mol. The van der Waals surface area contributed by atoms with Gasteiger partial charge in [0.25, 0.3) is 5.91 Å². The first-order valence-electron chi connectivity index (χ1n) is 11.4. The third kappa shape index (κ3) is 4.81. The summed E-state index contributed by atoms with van der Waals surface area (Å²) < 4.78 is 0.929. The van der Waals surface area contributed by atoms with E-state index in [0.717, 1.165) is 29.3 Å². The highest BCUT2D eigenvalue weighted by molar-refractivity contribution is 7.21. The predicted molar refractivity (Wildman–Crippen MR) is 139 cm³/mol. The highest BCUT2D eigenvalue weighted by Gasteiger charge is 2.20. The maximum atomic E-state index is 12.7. The first-order valence-corrected chi connectivity index (χ1v) is 12.2. The van der Waals surface area contributed by atoms with Gasteiger partial charge in [-0.25, -0.2) is 0 Å². The van der Waals surface area contributed by atoms with Crippen LogP contribution in [0.25, 0.3) is 10.1 Å². The molecule has 5 N–H and O–H groups in total. The van der Waals surface area contributed by atoms with Gasteiger partial charge in [0.2, 0.25) is 5.91 Å². The number of benzene rings is 3. The molecule has 1 heterocycles. The molecule has 1 aromatic heterocycles. The minimum absolute atomic E-state index is 0.0866. The number of nitrogens with one attached hydrogen (secondary N) is 3. The molecule has 0 radical (unpaired) electrons. The van der Waals surface area contributed by atoms with Crippen LogP contribution in [0.4, 0.5) is 17.1 Å². The van der Waals surface area contributed by atoms with Crippen molar-refractivity contribution in [1.29, 1.82) is 0 Å². The molecule has 7 heteroatoms. The van der Waals surface area contributed by atoms with Gasteiger partial charge in [0, 0.05) is 16.4 Å². The molecule has 0 saturated heterocycles. The van der Waals surface area contributed by atoms with Crippen molar-refractivity contribution in [3.63, 3.8) is 0 Å². The van der Waals surface area contributed by atoms with Gasteiger partial charge in [-0.3, -0.25) is 9.59 Å². The number of anilines is 3. The van der Waals surface area contributed by atoms with Crippen LogP contribution in [0.15, 0.2) is 72.8 Å². The Morgan fingerprint density at radius 1 is 0.971 bits per heavy atom. The Hall–Kier alpha value is -3.68. The molecule has 4 aromatic rings. The lowest BCUT2D eigenvalue weighted by molar-refractivity contribution is -0.115. The summed E-state index contributed by atoms with van der Waals surface area (Å²) in [5.41, 5.74) is 10.4. The fraction of sp³-hybridized carbons (Fsp3) is 0.185. The zero-order chi connectivity index (χ0) is 23.5. The quantitative estimate of drug-likeness (QED) is 0.286. The molecule has 172 valence electrons. The number of rotatable bonds is 6. The summed E-state index contributed by atoms with van der Waals surface area (Å²) in [4.78, 5) is 25.9. The van der Waals surface area contributed by atoms with Crippen LogP contribution in [0.3, 0.4) is 0 Å². The summed E-state index contributed by atoms with van der Waals surface area (Å²) in [5, 5.41) is 10.2. The number of hydrogen-bond acceptors (Lipinski definition) is 5. The minimum atomic E-state index is -0.207. The van der Waals surface area contributed by atoms with E-state index in [2.05, 4.69) is 40.2 Å². The number of carbonyl (C=O) groups is 2. The predicted octanol–water partition coefficient (Wildman–Crippen LogP) is 5.34. The smallest absolute Gasteiger partial charge is 0.265 e. The van der Waals surface area contributed by atoms with E-state index in [1.807, 2.05) is 36.4 Å². The molecule has 1 aliphatic rings. The Morgan fingerprint density at radius 2 is 1.79 bits per heavy atom. The van der Waals surface area contributed by atoms with E-state index in [-0.39, 0.29) is 24.4 Å². The number of para-hydroxylation sites is 2. The Balaban J connectivity index is 1.22. The number of fused-ring (bicyclic) bond motifs is 2. The Kier molecular flexibility index (Phi) is 6.29. The maximum absolute atomic E-state index is 12.7. The lowest BCUT2D eigenvalue weighted by Crippen LogP contribution is -2.33. The standard InChI is InChI=1S/C27H26N4O2S/c28-21-9-3-4-10-23(21)31-27(33)25-14-18-12-13-19(15-24(18)34-25)30-26(32)16-29-22-11-5-7-17-6-1-2-8-20(17)22/h1-4,6,8-10,12-15,22,29H,5,7,11,16,28H2,(H,30,32)(H,31,33). The van der Waals surface area contributed by atoms with Gasteiger partial charge in [-0.2, -0.15) is 0 Å². The average Bonchev–Trinajstić information content (AvgIpc) is 3.28. The third-order valence-corrected chi connectivity index (χ3v) is 7.21. The maximum Gasteiger partial charge on any atom is 0.265 e. The third-order valence-electron chi connectivity index (χ3n) is 6.12. The van der Waals surface area contributed by atoms with Crippen LogP contribution in [0.2, 0.25) is 0 Å². The second-order valence-corrected chi connectivity index (χ2v) is 9.56. The van der Waals surface area contributed by atoms with E-state index in [1.54, 1.807) is 12.1 Å². The van der Waals surface area contributed by atoms with Crippen LogP contribution in [0, 0.1) is 0 Å². The van der Waals surface area contributed by atoms with E-state index in [9.17, 15) is 9.59 Å². The van der Waals surface area contributed by atoms with Crippen molar-refractivity contribution >= 4 is 50.3 Å². The normalized spacial score (nSPS) is 15.0. The van der Waals surface area contributed by atoms with Crippen LogP contribution in [0.1, 0.15) is 39.7 Å². The van der Waals surface area contributed by atoms with Gasteiger partial charge < -0.3 is 21.7 Å². The van der Waals surface area contributed by atoms with Crippen molar-refractivity contribution in [2.24, 2.45) is 0 Å². The van der Waals surface area contributed by atoms with Crippen molar-refractivity contribution in [1.82, 2.24) is 5.32 Å². The van der Waals surface area contributed by atoms with E-state index < -0.39 is 0 Å². The Bertz CT molecular complexity index is 1360. The highest BCUT2D eigenvalue weighted by atomic mass is 32.1. The zero-order valence-electron chi connectivity index (χ0n) is 18.6. The van der Waals surface area contributed by atoms with Crippen molar-refractivity contribution in [3.8, 4) is 0 Å². The molecule has 0 bridgehead atoms. The lowest BCUT2D eigenvalue weighted by atomic mass is 9.88. The molecule has 1 atom stereocenters. The molecule has 1 unspecified atom stereocenters. The molecular weight excluding hydrogens is 444 g/mol. The fourth-order valence-corrected chi connectivity index (χ4v) is 5.40. The molecule has 1 aliphatic carbocycles. The van der Waals surface area contributed by atoms with Crippen molar-refractivity contribution in [2.75, 3.05) is 22.9 Å². The molecule has 0 fully saturated rings. The monoisotopic (exact) mass is 470 g/mol. The number of thiophene rings is 1. The second-order valence-electron chi connectivity index (χ2n) is 8.48. The molecular formula is C27H26N4O2S. The van der Waals surface area contributed by atoms with Crippen molar-refractivity contribution in [3.05, 3.63) is 88.8 Å². The minimum Gasteiger partial charge on any atom is -0.397 e. The van der Waals surface area contributed by atoms with Crippen LogP contribution in [-0.4, -0.2) is 18.4 Å². The first-order chi connectivity index (χ1) is 16.6. The highest BCUT2D eigenvalue weighted by Crippen LogP contribution is 2.31. The number of nitrogens with two attached hydrogens (primary N) is 1. The molecule has 6 nitrogen and oxygen atoms in total. The van der Waals surface area contributed by atoms with Crippen LogP contribution in [-0.2, 0) is 11.2 Å². The molecule has 0 spiro atoms. The number of amides is 2. The lowest BCUT2D eigenvalue weighted by Gasteiger charge is -2.26. The topological polar surface area (TPSA) is 96.2 Å². The molecule has 0 aliphatic heterocycles. The Morgan fingerprint density at radius 3 is 2.68 bits per heavy atom. The number of carbonyl (C=O) groups excluding carboxylic acids is 2. The molecule has 5 rings (SSSR count). The molecule has 0 saturated carbocycles. The van der Waals surface area contributed by atoms with Crippen molar-refractivity contribution < 1.29 is 9.59 Å². The van der Waals surface area contributed by atoms with Gasteiger partial charge >= 0.3 is 0 Å². The number of aryl methyl sites for hydroxylation is 1. The van der Waals surface area contributed by atoms with E-state index >= 15 is 0 Å². The van der Waals surface area contributed by atoms with Gasteiger partial charge in [-0.05, 0) is 66.1 Å². The van der Waals surface area contributed by atoms with Gasteiger partial charge in [0.1, 0.15) is 0 Å². The van der Waals surface area contributed by atoms with Gasteiger partial charge in [0.15, 0.2) is 0 Å². The summed E-state index contributed by atoms with van der Waals surface area (Å²) in [7, 11) is 0. The van der Waals surface area contributed by atoms with Gasteiger partial charge in [-0.1, -0.05) is 42.5 Å². The summed E-state index contributed by atoms with van der Waals surface area (Å²) in [6.45, 7) is 0.244. The number of nitrogen functional groups attached to an aromatic ring is 1. The van der Waals surface area contributed by atoms with Gasteiger partial charge in [-0.15, -0.1) is 11.3 Å². The largest absolute Gasteiger partial charge is 0.397 e. The van der Waals surface area contributed by atoms with Crippen LogP contribution in [0.5, 0.6) is 0 Å². The van der Waals surface area contributed by atoms with Crippen LogP contribution < -0.4 is 21.7 Å². The molecule has 2 amide bonds. The molecule has 3 aromatic carbocycles. The second kappa shape index (κ2) is 9.67. The SMILES string of the molecule is Nc1ccccc1NC(=O)c1cc2ccc(NC(=O)CNC3CCCc4ccccc43)cc2s1. The van der Waals surface area contributed by atoms with E-state index in [0.29, 0.717) is 21.9 Å². The van der Waals surface area contributed by atoms with Gasteiger partial charge in [0.05, 0.1) is 22.8 Å². The molecule has 34 heavy (non-hydrogen) atoms. The summed E-state index contributed by atoms with van der Waals surface area (Å²) in [5.74, 6) is -0.293.